The number of hydrogen-bond acceptors (Lipinski definition) is 8. The first-order valence-electron chi connectivity index (χ1n) is 13.9. The lowest BCUT2D eigenvalue weighted by Crippen LogP contribution is -2.55. The van der Waals surface area contributed by atoms with Crippen LogP contribution in [0.5, 0.6) is 0 Å². The molecule has 2 aliphatic rings. The number of nitriles is 2. The molecule has 2 bridgehead atoms. The number of hydrogen-bond donors (Lipinski definition) is 2. The van der Waals surface area contributed by atoms with E-state index in [0.29, 0.717) is 35.8 Å². The molecule has 0 saturated carbocycles. The number of carboxylic acids is 1. The number of nitrogens with one attached hydrogen (secondary N) is 1. The molecule has 0 spiro atoms. The average Bonchev–Trinajstić information content (AvgIpc) is 3.25. The van der Waals surface area contributed by atoms with Gasteiger partial charge < -0.3 is 20.2 Å². The first-order valence-corrected chi connectivity index (χ1v) is 13.9. The number of para-hydroxylation sites is 1. The zero-order valence-electron chi connectivity index (χ0n) is 23.3. The molecular weight excluding hydrogens is 530 g/mol. The fourth-order valence-corrected chi connectivity index (χ4v) is 6.31. The summed E-state index contributed by atoms with van der Waals surface area (Å²) < 4.78 is 1.43. The second-order valence-corrected chi connectivity index (χ2v) is 11.0. The molecule has 2 aromatic heterocycles. The Morgan fingerprint density at radius 2 is 1.76 bits per heavy atom. The second-order valence-electron chi connectivity index (χ2n) is 11.0. The number of benzene rings is 2. The van der Waals surface area contributed by atoms with Crippen molar-refractivity contribution < 1.29 is 9.90 Å². The quantitative estimate of drug-likeness (QED) is 0.350. The van der Waals surface area contributed by atoms with Crippen molar-refractivity contribution in [3.05, 3.63) is 99.0 Å². The van der Waals surface area contributed by atoms with Crippen LogP contribution in [0.4, 0.5) is 17.2 Å². The zero-order chi connectivity index (χ0) is 29.5. The monoisotopic (exact) mass is 559 g/mol. The summed E-state index contributed by atoms with van der Waals surface area (Å²) in [4.78, 5) is 35.0. The molecule has 4 aromatic rings. The number of nitrogens with zero attached hydrogens (tertiary/aromatic N) is 6. The van der Waals surface area contributed by atoms with Gasteiger partial charge in [0.25, 0.3) is 5.56 Å². The highest BCUT2D eigenvalue weighted by molar-refractivity contribution is 5.94. The van der Waals surface area contributed by atoms with Gasteiger partial charge in [0.15, 0.2) is 11.4 Å². The molecule has 10 heteroatoms. The third-order valence-electron chi connectivity index (χ3n) is 8.27. The third kappa shape index (κ3) is 4.57. The third-order valence-corrected chi connectivity index (χ3v) is 8.27. The molecule has 2 unspecified atom stereocenters. The van der Waals surface area contributed by atoms with Crippen molar-refractivity contribution in [3.63, 3.8) is 0 Å². The lowest BCUT2D eigenvalue weighted by Gasteiger charge is -2.43. The van der Waals surface area contributed by atoms with Gasteiger partial charge in [0.05, 0.1) is 23.2 Å². The maximum atomic E-state index is 13.8. The highest BCUT2D eigenvalue weighted by atomic mass is 16.4. The van der Waals surface area contributed by atoms with Gasteiger partial charge in [-0.3, -0.25) is 9.20 Å². The van der Waals surface area contributed by atoms with Gasteiger partial charge in [0, 0.05) is 48.3 Å². The van der Waals surface area contributed by atoms with Gasteiger partial charge in [0.2, 0.25) is 0 Å². The maximum Gasteiger partial charge on any atom is 0.337 e. The number of anilines is 3. The summed E-state index contributed by atoms with van der Waals surface area (Å²) in [7, 11) is 0. The van der Waals surface area contributed by atoms with Gasteiger partial charge in [-0.25, -0.2) is 9.78 Å². The lowest BCUT2D eigenvalue weighted by molar-refractivity contribution is 0.0698. The summed E-state index contributed by atoms with van der Waals surface area (Å²) >= 11 is 0. The van der Waals surface area contributed by atoms with Crippen molar-refractivity contribution in [1.82, 2.24) is 9.38 Å². The minimum Gasteiger partial charge on any atom is -0.478 e. The van der Waals surface area contributed by atoms with E-state index in [-0.39, 0.29) is 23.2 Å². The van der Waals surface area contributed by atoms with Crippen LogP contribution in [0.2, 0.25) is 0 Å². The first-order chi connectivity index (χ1) is 20.3. The first kappa shape index (κ1) is 26.9. The summed E-state index contributed by atoms with van der Waals surface area (Å²) in [5.41, 5.74) is 3.83. The lowest BCUT2D eigenvalue weighted by atomic mass is 10.1. The standard InChI is InChI=1S/C32H29N7O3/c1-19-13-26(20(2)35-28-6-4-3-5-25(28)32(41)42)29-36-30(27(15-34)31(40)38(29)16-19)39-23-11-12-24(39)18-37(17-23)22-9-7-21(14-33)8-10-22/h3-10,13,16,20,23-24,35H,11-12,17-18H2,1-2H3,(H,41,42)/t20-,23?,24?/m1/s1. The van der Waals surface area contributed by atoms with Crippen molar-refractivity contribution >= 4 is 28.8 Å². The Labute approximate surface area is 242 Å². The van der Waals surface area contributed by atoms with Crippen molar-refractivity contribution in [3.8, 4) is 12.1 Å². The average molecular weight is 560 g/mol. The van der Waals surface area contributed by atoms with E-state index in [1.165, 1.54) is 4.40 Å². The number of aromatic carboxylic acids is 1. The summed E-state index contributed by atoms with van der Waals surface area (Å²) in [6, 6.07) is 20.2. The summed E-state index contributed by atoms with van der Waals surface area (Å²) in [6.45, 7) is 5.19. The Bertz CT molecular complexity index is 1840. The van der Waals surface area contributed by atoms with Crippen LogP contribution in [0, 0.1) is 29.6 Å². The van der Waals surface area contributed by atoms with Crippen molar-refractivity contribution in [2.75, 3.05) is 28.2 Å². The largest absolute Gasteiger partial charge is 0.478 e. The molecule has 6 rings (SSSR count). The molecule has 0 radical (unpaired) electrons. The van der Waals surface area contributed by atoms with Gasteiger partial charge in [-0.15, -0.1) is 0 Å². The van der Waals surface area contributed by atoms with Gasteiger partial charge in [-0.1, -0.05) is 12.1 Å². The summed E-state index contributed by atoms with van der Waals surface area (Å²) in [5, 5.41) is 32.3. The smallest absolute Gasteiger partial charge is 0.337 e. The van der Waals surface area contributed by atoms with Crippen LogP contribution in [0.3, 0.4) is 0 Å². The minimum absolute atomic E-state index is 0.0182. The van der Waals surface area contributed by atoms with Crippen LogP contribution < -0.4 is 20.7 Å². The van der Waals surface area contributed by atoms with E-state index in [4.69, 9.17) is 10.2 Å². The number of fused-ring (bicyclic) bond motifs is 3. The molecular formula is C32H29N7O3. The highest BCUT2D eigenvalue weighted by Gasteiger charge is 2.42. The van der Waals surface area contributed by atoms with Crippen LogP contribution in [0.1, 0.15) is 58.4 Å². The number of rotatable bonds is 6. The molecule has 3 atom stereocenters. The molecule has 2 saturated heterocycles. The highest BCUT2D eigenvalue weighted by Crippen LogP contribution is 2.37. The Balaban J connectivity index is 1.40. The maximum absolute atomic E-state index is 13.8. The van der Waals surface area contributed by atoms with Crippen LogP contribution in [0.15, 0.2) is 65.6 Å². The predicted octanol–water partition coefficient (Wildman–Crippen LogP) is 4.48. The Hall–Kier alpha value is -5.35. The van der Waals surface area contributed by atoms with Crippen molar-refractivity contribution in [2.24, 2.45) is 0 Å². The van der Waals surface area contributed by atoms with Crippen LogP contribution in [-0.4, -0.2) is 45.6 Å². The van der Waals surface area contributed by atoms with E-state index in [2.05, 4.69) is 27.3 Å². The summed E-state index contributed by atoms with van der Waals surface area (Å²) in [6.07, 6.45) is 3.51. The molecule has 210 valence electrons. The molecule has 10 nitrogen and oxygen atoms in total. The van der Waals surface area contributed by atoms with E-state index in [0.717, 1.165) is 29.7 Å². The zero-order valence-corrected chi connectivity index (χ0v) is 23.3. The Kier molecular flexibility index (Phi) is 6.75. The molecule has 2 N–H and O–H groups in total. The second kappa shape index (κ2) is 10.6. The molecule has 42 heavy (non-hydrogen) atoms. The summed E-state index contributed by atoms with van der Waals surface area (Å²) in [5.74, 6) is -0.636. The number of carbonyl (C=O) groups is 1. The van der Waals surface area contributed by atoms with Gasteiger partial charge in [-0.05, 0) is 74.7 Å². The van der Waals surface area contributed by atoms with Crippen molar-refractivity contribution in [1.29, 1.82) is 10.5 Å². The number of carboxylic acid groups (broad SMARTS) is 1. The van der Waals surface area contributed by atoms with Crippen LogP contribution >= 0.6 is 0 Å². The molecule has 2 aromatic carbocycles. The number of pyridine rings is 1. The molecule has 4 heterocycles. The van der Waals surface area contributed by atoms with Crippen LogP contribution in [0.25, 0.3) is 5.65 Å². The van der Waals surface area contributed by atoms with Gasteiger partial charge >= 0.3 is 5.97 Å². The molecule has 2 aliphatic heterocycles. The topological polar surface area (TPSA) is 138 Å². The Morgan fingerprint density at radius 1 is 1.07 bits per heavy atom. The van der Waals surface area contributed by atoms with E-state index in [9.17, 15) is 20.0 Å². The van der Waals surface area contributed by atoms with Crippen LogP contribution in [-0.2, 0) is 0 Å². The molecule has 2 fully saturated rings. The SMILES string of the molecule is Cc1cc([C@@H](C)Nc2ccccc2C(=O)O)c2nc(N3C4CCC3CN(c3ccc(C#N)cc3)C4)c(C#N)c(=O)n2c1. The predicted molar refractivity (Wildman–Crippen MR) is 159 cm³/mol. The van der Waals surface area contributed by atoms with E-state index >= 15 is 0 Å². The van der Waals surface area contributed by atoms with E-state index < -0.39 is 17.6 Å². The minimum atomic E-state index is -1.04. The van der Waals surface area contributed by atoms with E-state index in [1.807, 2.05) is 44.2 Å². The van der Waals surface area contributed by atoms with Crippen molar-refractivity contribution in [2.45, 2.75) is 44.8 Å². The normalized spacial score (nSPS) is 18.4. The number of aryl methyl sites for hydroxylation is 1. The number of piperazine rings is 1. The molecule has 0 amide bonds. The van der Waals surface area contributed by atoms with Gasteiger partial charge in [-0.2, -0.15) is 10.5 Å². The van der Waals surface area contributed by atoms with Gasteiger partial charge in [0.1, 0.15) is 11.7 Å². The fourth-order valence-electron chi connectivity index (χ4n) is 6.31. The number of aromatic nitrogens is 2. The fraction of sp³-hybridized carbons (Fsp3) is 0.281. The Morgan fingerprint density at radius 3 is 2.40 bits per heavy atom. The molecule has 0 aliphatic carbocycles. The van der Waals surface area contributed by atoms with E-state index in [1.54, 1.807) is 30.5 Å².